The molecule has 3 nitrogen and oxygen atoms in total. The molecule has 20 heavy (non-hydrogen) atoms. The van der Waals surface area contributed by atoms with Gasteiger partial charge >= 0.3 is 0 Å². The molecule has 0 saturated heterocycles. The molecule has 0 radical (unpaired) electrons. The zero-order valence-corrected chi connectivity index (χ0v) is 13.4. The summed E-state index contributed by atoms with van der Waals surface area (Å²) in [6.45, 7) is 7.81. The molecular formula is C17H28N2O. The largest absolute Gasteiger partial charge is 0.497 e. The molecule has 1 N–H and O–H groups in total. The first-order chi connectivity index (χ1) is 9.58. The molecule has 2 atom stereocenters. The molecule has 0 fully saturated rings. The van der Waals surface area contributed by atoms with Gasteiger partial charge in [-0.05, 0) is 63.5 Å². The zero-order valence-electron chi connectivity index (χ0n) is 13.4. The third-order valence-corrected chi connectivity index (χ3v) is 4.45. The van der Waals surface area contributed by atoms with Crippen LogP contribution in [0.25, 0.3) is 0 Å². The predicted octanol–water partition coefficient (Wildman–Crippen LogP) is 3.00. The Labute approximate surface area is 123 Å². The second kappa shape index (κ2) is 6.59. The number of fused-ring (bicyclic) bond motifs is 1. The maximum Gasteiger partial charge on any atom is 0.119 e. The molecule has 1 aromatic rings. The number of ether oxygens (including phenoxy) is 1. The third-order valence-electron chi connectivity index (χ3n) is 4.45. The standard InChI is InChI=1S/C17H28N2O/c1-6-9-18-17-15-11-14(20-5)8-7-13(15)10-16(17)19(4)12(2)3/h7-8,11-12,16-18H,6,9-10H2,1-5H3. The molecule has 0 bridgehead atoms. The van der Waals surface area contributed by atoms with Gasteiger partial charge in [0.25, 0.3) is 0 Å². The van der Waals surface area contributed by atoms with Crippen molar-refractivity contribution in [3.63, 3.8) is 0 Å². The quantitative estimate of drug-likeness (QED) is 0.864. The van der Waals surface area contributed by atoms with Crippen LogP contribution in [-0.2, 0) is 6.42 Å². The molecule has 2 rings (SSSR count). The van der Waals surface area contributed by atoms with Crippen molar-refractivity contribution in [2.75, 3.05) is 20.7 Å². The van der Waals surface area contributed by atoms with Crippen molar-refractivity contribution >= 4 is 0 Å². The summed E-state index contributed by atoms with van der Waals surface area (Å²) in [6.07, 6.45) is 2.28. The first kappa shape index (κ1) is 15.3. The highest BCUT2D eigenvalue weighted by atomic mass is 16.5. The number of methoxy groups -OCH3 is 1. The number of likely N-dealkylation sites (N-methyl/N-ethyl adjacent to an activating group) is 1. The van der Waals surface area contributed by atoms with E-state index in [0.29, 0.717) is 18.1 Å². The second-order valence-electron chi connectivity index (χ2n) is 6.03. The molecule has 0 aromatic heterocycles. The number of hydrogen-bond donors (Lipinski definition) is 1. The lowest BCUT2D eigenvalue weighted by Gasteiger charge is -2.33. The van der Waals surface area contributed by atoms with E-state index in [9.17, 15) is 0 Å². The number of hydrogen-bond acceptors (Lipinski definition) is 3. The summed E-state index contributed by atoms with van der Waals surface area (Å²) < 4.78 is 5.39. The molecule has 2 unspecified atom stereocenters. The number of rotatable bonds is 6. The van der Waals surface area contributed by atoms with Gasteiger partial charge in [-0.2, -0.15) is 0 Å². The van der Waals surface area contributed by atoms with Crippen LogP contribution in [0.1, 0.15) is 44.4 Å². The van der Waals surface area contributed by atoms with Crippen LogP contribution in [0.2, 0.25) is 0 Å². The molecule has 0 spiro atoms. The average Bonchev–Trinajstić information content (AvgIpc) is 2.81. The van der Waals surface area contributed by atoms with Gasteiger partial charge in [0.1, 0.15) is 5.75 Å². The minimum atomic E-state index is 0.410. The normalized spacial score (nSPS) is 21.6. The van der Waals surface area contributed by atoms with Gasteiger partial charge < -0.3 is 10.1 Å². The Kier molecular flexibility index (Phi) is 5.06. The van der Waals surface area contributed by atoms with Crippen LogP contribution in [0.5, 0.6) is 5.75 Å². The molecule has 0 aliphatic heterocycles. The fourth-order valence-corrected chi connectivity index (χ4v) is 3.03. The van der Waals surface area contributed by atoms with Gasteiger partial charge in [-0.1, -0.05) is 13.0 Å². The lowest BCUT2D eigenvalue weighted by atomic mass is 10.0. The van der Waals surface area contributed by atoms with Crippen molar-refractivity contribution in [3.8, 4) is 5.75 Å². The van der Waals surface area contributed by atoms with E-state index in [-0.39, 0.29) is 0 Å². The Morgan fingerprint density at radius 3 is 2.75 bits per heavy atom. The summed E-state index contributed by atoms with van der Waals surface area (Å²) in [7, 11) is 3.97. The topological polar surface area (TPSA) is 24.5 Å². The first-order valence-corrected chi connectivity index (χ1v) is 7.70. The minimum absolute atomic E-state index is 0.410. The summed E-state index contributed by atoms with van der Waals surface area (Å²) in [5.74, 6) is 0.958. The van der Waals surface area contributed by atoms with Crippen molar-refractivity contribution in [3.05, 3.63) is 29.3 Å². The van der Waals surface area contributed by atoms with Gasteiger partial charge in [-0.15, -0.1) is 0 Å². The average molecular weight is 276 g/mol. The van der Waals surface area contributed by atoms with Crippen LogP contribution >= 0.6 is 0 Å². The monoisotopic (exact) mass is 276 g/mol. The van der Waals surface area contributed by atoms with E-state index in [0.717, 1.165) is 25.1 Å². The van der Waals surface area contributed by atoms with Gasteiger partial charge in [0, 0.05) is 18.1 Å². The van der Waals surface area contributed by atoms with Crippen LogP contribution in [-0.4, -0.2) is 37.7 Å². The van der Waals surface area contributed by atoms with Crippen molar-refractivity contribution in [1.82, 2.24) is 10.2 Å². The lowest BCUT2D eigenvalue weighted by Crippen LogP contribution is -2.44. The van der Waals surface area contributed by atoms with E-state index in [2.05, 4.69) is 56.2 Å². The van der Waals surface area contributed by atoms with E-state index in [1.807, 2.05) is 0 Å². The zero-order chi connectivity index (χ0) is 14.7. The van der Waals surface area contributed by atoms with Gasteiger partial charge in [0.15, 0.2) is 0 Å². The summed E-state index contributed by atoms with van der Waals surface area (Å²) in [5, 5.41) is 3.73. The van der Waals surface area contributed by atoms with Crippen molar-refractivity contribution in [2.45, 2.75) is 51.7 Å². The summed E-state index contributed by atoms with van der Waals surface area (Å²) in [5.41, 5.74) is 2.87. The van der Waals surface area contributed by atoms with E-state index < -0.39 is 0 Å². The maximum absolute atomic E-state index is 5.39. The van der Waals surface area contributed by atoms with Crippen LogP contribution in [0.3, 0.4) is 0 Å². The number of benzene rings is 1. The molecular weight excluding hydrogens is 248 g/mol. The Morgan fingerprint density at radius 2 is 2.15 bits per heavy atom. The molecule has 1 aliphatic carbocycles. The highest BCUT2D eigenvalue weighted by molar-refractivity contribution is 5.42. The Bertz CT molecular complexity index is 445. The van der Waals surface area contributed by atoms with Crippen LogP contribution in [0.4, 0.5) is 0 Å². The molecule has 3 heteroatoms. The van der Waals surface area contributed by atoms with Gasteiger partial charge in [0.2, 0.25) is 0 Å². The Balaban J connectivity index is 2.28. The molecule has 1 aliphatic rings. The van der Waals surface area contributed by atoms with Crippen LogP contribution < -0.4 is 10.1 Å². The first-order valence-electron chi connectivity index (χ1n) is 7.70. The molecule has 1 aromatic carbocycles. The van der Waals surface area contributed by atoms with Crippen molar-refractivity contribution < 1.29 is 4.74 Å². The fraction of sp³-hybridized carbons (Fsp3) is 0.647. The molecule has 0 heterocycles. The SMILES string of the molecule is CCCNC1c2cc(OC)ccc2CC1N(C)C(C)C. The smallest absolute Gasteiger partial charge is 0.119 e. The van der Waals surface area contributed by atoms with Gasteiger partial charge in [-0.3, -0.25) is 4.90 Å². The summed E-state index contributed by atoms with van der Waals surface area (Å²) >= 11 is 0. The van der Waals surface area contributed by atoms with E-state index in [4.69, 9.17) is 4.74 Å². The van der Waals surface area contributed by atoms with E-state index in [1.54, 1.807) is 7.11 Å². The van der Waals surface area contributed by atoms with E-state index in [1.165, 1.54) is 11.1 Å². The van der Waals surface area contributed by atoms with Crippen LogP contribution in [0.15, 0.2) is 18.2 Å². The van der Waals surface area contributed by atoms with Crippen molar-refractivity contribution in [2.24, 2.45) is 0 Å². The highest BCUT2D eigenvalue weighted by Gasteiger charge is 2.35. The predicted molar refractivity (Wildman–Crippen MR) is 84.4 cm³/mol. The number of nitrogens with one attached hydrogen (secondary N) is 1. The van der Waals surface area contributed by atoms with Crippen LogP contribution in [0, 0.1) is 0 Å². The van der Waals surface area contributed by atoms with E-state index >= 15 is 0 Å². The molecule has 0 saturated carbocycles. The van der Waals surface area contributed by atoms with Gasteiger partial charge in [0.05, 0.1) is 7.11 Å². The van der Waals surface area contributed by atoms with Crippen molar-refractivity contribution in [1.29, 1.82) is 0 Å². The maximum atomic E-state index is 5.39. The molecule has 0 amide bonds. The second-order valence-corrected chi connectivity index (χ2v) is 6.03. The number of nitrogens with zero attached hydrogens (tertiary/aromatic N) is 1. The minimum Gasteiger partial charge on any atom is -0.497 e. The van der Waals surface area contributed by atoms with Gasteiger partial charge in [-0.25, -0.2) is 0 Å². The third kappa shape index (κ3) is 2.99. The summed E-state index contributed by atoms with van der Waals surface area (Å²) in [6, 6.07) is 8.01. The highest BCUT2D eigenvalue weighted by Crippen LogP contribution is 2.36. The summed E-state index contributed by atoms with van der Waals surface area (Å²) in [4.78, 5) is 2.49. The lowest BCUT2D eigenvalue weighted by molar-refractivity contribution is 0.165. The Morgan fingerprint density at radius 1 is 1.40 bits per heavy atom. The molecule has 112 valence electrons. The Hall–Kier alpha value is -1.06. The fourth-order valence-electron chi connectivity index (χ4n) is 3.03.